The van der Waals surface area contributed by atoms with Crippen molar-refractivity contribution in [2.75, 3.05) is 13.7 Å². The lowest BCUT2D eigenvalue weighted by atomic mass is 9.98. The zero-order chi connectivity index (χ0) is 25.1. The molecule has 1 aromatic carbocycles. The fourth-order valence-corrected chi connectivity index (χ4v) is 5.21. The lowest BCUT2D eigenvalue weighted by Crippen LogP contribution is -2.67. The van der Waals surface area contributed by atoms with Crippen molar-refractivity contribution in [1.82, 2.24) is 10.2 Å². The number of carbonyl (C=O) groups is 5. The van der Waals surface area contributed by atoms with Crippen molar-refractivity contribution in [2.45, 2.75) is 56.6 Å². The van der Waals surface area contributed by atoms with Crippen LogP contribution in [0.4, 0.5) is 0 Å². The minimum atomic E-state index is -2.08. The van der Waals surface area contributed by atoms with Gasteiger partial charge in [-0.05, 0) is 48.8 Å². The third-order valence-corrected chi connectivity index (χ3v) is 11.8. The summed E-state index contributed by atoms with van der Waals surface area (Å²) in [6.45, 7) is 10.6. The van der Waals surface area contributed by atoms with Crippen molar-refractivity contribution >= 4 is 48.9 Å². The van der Waals surface area contributed by atoms with Crippen molar-refractivity contribution in [3.8, 4) is 0 Å². The topological polar surface area (TPSA) is 130 Å². The van der Waals surface area contributed by atoms with E-state index in [2.05, 4.69) is 39.2 Å². The number of hydrogen-bond donors (Lipinski definition) is 2. The Labute approximate surface area is 198 Å². The number of benzene rings is 1. The average Bonchev–Trinajstić information content (AvgIpc) is 2.75. The number of carboxylic acids is 1. The van der Waals surface area contributed by atoms with E-state index in [1.54, 1.807) is 0 Å². The molecule has 3 amide bonds. The molecule has 0 aliphatic carbocycles. The highest BCUT2D eigenvalue weighted by Gasteiger charge is 2.53. The van der Waals surface area contributed by atoms with Gasteiger partial charge in [-0.15, -0.1) is 0 Å². The molecule has 0 spiro atoms. The van der Waals surface area contributed by atoms with E-state index in [4.69, 9.17) is 9.53 Å². The highest BCUT2D eigenvalue weighted by molar-refractivity contribution is 8.15. The molecule has 1 aliphatic rings. The molecular weight excluding hydrogens is 464 g/mol. The summed E-state index contributed by atoms with van der Waals surface area (Å²) in [4.78, 5) is 60.9. The van der Waals surface area contributed by atoms with Gasteiger partial charge in [-0.3, -0.25) is 24.1 Å². The van der Waals surface area contributed by atoms with Crippen molar-refractivity contribution in [3.05, 3.63) is 35.4 Å². The van der Waals surface area contributed by atoms with Crippen LogP contribution in [-0.2, 0) is 18.8 Å². The number of carbonyl (C=O) groups excluding carboxylic acids is 4. The summed E-state index contributed by atoms with van der Waals surface area (Å²) < 4.78 is 6.12. The number of nitrogens with zero attached hydrogens (tertiary/aromatic N) is 1. The average molecular weight is 495 g/mol. The Morgan fingerprint density at radius 2 is 1.67 bits per heavy atom. The highest BCUT2D eigenvalue weighted by atomic mass is 32.2. The van der Waals surface area contributed by atoms with Gasteiger partial charge in [0.15, 0.2) is 8.32 Å². The van der Waals surface area contributed by atoms with Crippen LogP contribution in [0.2, 0.25) is 18.1 Å². The standard InChI is InChI=1S/C22H30N2O7SSi/c1-22(2,3)33(5,6)31-12-11-15-16(18(26)24(15)19(27)20(28)29)32-21(30)14-9-7-13(8-10-14)17(25)23-4/h7-10,15-16H,11-12H2,1-6H3,(H,23,25)(H,28,29)/t15-,16+/m1/s1. The number of imide groups is 1. The van der Waals surface area contributed by atoms with Crippen LogP contribution in [0.15, 0.2) is 24.3 Å². The smallest absolute Gasteiger partial charge is 0.395 e. The van der Waals surface area contributed by atoms with Gasteiger partial charge >= 0.3 is 11.9 Å². The molecule has 1 aliphatic heterocycles. The van der Waals surface area contributed by atoms with E-state index in [0.29, 0.717) is 16.0 Å². The van der Waals surface area contributed by atoms with E-state index in [1.807, 2.05) is 0 Å². The molecule has 2 N–H and O–H groups in total. The summed E-state index contributed by atoms with van der Waals surface area (Å²) >= 11 is 0.752. The number of amides is 3. The van der Waals surface area contributed by atoms with Gasteiger partial charge < -0.3 is 14.8 Å². The monoisotopic (exact) mass is 494 g/mol. The zero-order valence-electron chi connectivity index (χ0n) is 19.6. The fraction of sp³-hybridized carbons (Fsp3) is 0.500. The lowest BCUT2D eigenvalue weighted by Gasteiger charge is -2.44. The Hall–Kier alpha value is -2.50. The van der Waals surface area contributed by atoms with Crippen molar-refractivity contribution in [2.24, 2.45) is 0 Å². The Bertz CT molecular complexity index is 956. The molecule has 180 valence electrons. The second-order valence-electron chi connectivity index (χ2n) is 9.27. The molecule has 0 aromatic heterocycles. The SMILES string of the molecule is CNC(=O)c1ccc(C(=O)S[C@@H]2C(=O)N(C(=O)C(=O)O)[C@@H]2CCO[Si](C)(C)C(C)(C)C)cc1. The van der Waals surface area contributed by atoms with E-state index in [0.717, 1.165) is 11.8 Å². The summed E-state index contributed by atoms with van der Waals surface area (Å²) in [6, 6.07) is 5.21. The summed E-state index contributed by atoms with van der Waals surface area (Å²) in [7, 11) is -0.586. The van der Waals surface area contributed by atoms with E-state index in [-0.39, 0.29) is 24.0 Å². The normalized spacial score (nSPS) is 18.5. The van der Waals surface area contributed by atoms with Crippen LogP contribution in [0.1, 0.15) is 47.9 Å². The Morgan fingerprint density at radius 3 is 2.15 bits per heavy atom. The van der Waals surface area contributed by atoms with E-state index in [1.165, 1.54) is 31.3 Å². The minimum absolute atomic E-state index is 0.0377. The van der Waals surface area contributed by atoms with Crippen LogP contribution in [0.25, 0.3) is 0 Å². The van der Waals surface area contributed by atoms with Gasteiger partial charge in [0.1, 0.15) is 5.25 Å². The molecule has 2 rings (SSSR count). The summed E-state index contributed by atoms with van der Waals surface area (Å²) in [5, 5.41) is 10.2. The van der Waals surface area contributed by atoms with Crippen LogP contribution in [0.3, 0.4) is 0 Å². The predicted molar refractivity (Wildman–Crippen MR) is 127 cm³/mol. The van der Waals surface area contributed by atoms with E-state index >= 15 is 0 Å². The van der Waals surface area contributed by atoms with Gasteiger partial charge in [0.2, 0.25) is 11.0 Å². The van der Waals surface area contributed by atoms with Crippen molar-refractivity contribution in [1.29, 1.82) is 0 Å². The number of nitrogens with one attached hydrogen (secondary N) is 1. The van der Waals surface area contributed by atoms with Gasteiger partial charge in [-0.1, -0.05) is 32.5 Å². The molecule has 33 heavy (non-hydrogen) atoms. The van der Waals surface area contributed by atoms with Crippen LogP contribution in [-0.4, -0.2) is 72.1 Å². The third kappa shape index (κ3) is 5.90. The fourth-order valence-electron chi connectivity index (χ4n) is 3.02. The Morgan fingerprint density at radius 1 is 1.12 bits per heavy atom. The van der Waals surface area contributed by atoms with Crippen molar-refractivity contribution < 1.29 is 33.5 Å². The molecule has 0 saturated carbocycles. The minimum Gasteiger partial charge on any atom is -0.474 e. The maximum atomic E-state index is 12.7. The Kier molecular flexibility index (Phi) is 8.25. The molecule has 1 aromatic rings. The van der Waals surface area contributed by atoms with Crippen molar-refractivity contribution in [3.63, 3.8) is 0 Å². The van der Waals surface area contributed by atoms with Gasteiger partial charge in [0.25, 0.3) is 5.91 Å². The molecule has 2 atom stereocenters. The van der Waals surface area contributed by atoms with Crippen LogP contribution in [0, 0.1) is 0 Å². The molecular formula is C22H30N2O7SSi. The molecule has 11 heteroatoms. The first-order valence-corrected chi connectivity index (χ1v) is 14.3. The number of hydrogen-bond acceptors (Lipinski definition) is 7. The van der Waals surface area contributed by atoms with Gasteiger partial charge in [0.05, 0.1) is 6.04 Å². The second kappa shape index (κ2) is 10.2. The molecule has 0 bridgehead atoms. The first kappa shape index (κ1) is 26.7. The molecule has 1 saturated heterocycles. The number of carboxylic acid groups (broad SMARTS) is 1. The molecule has 1 fully saturated rings. The number of β-lactam (4-membered cyclic amide) rings is 1. The summed E-state index contributed by atoms with van der Waals surface area (Å²) in [5.41, 5.74) is 0.678. The second-order valence-corrected chi connectivity index (χ2v) is 15.2. The predicted octanol–water partition coefficient (Wildman–Crippen LogP) is 2.52. The Balaban J connectivity index is 2.13. The third-order valence-electron chi connectivity index (χ3n) is 6.09. The maximum Gasteiger partial charge on any atom is 0.395 e. The largest absolute Gasteiger partial charge is 0.474 e. The molecule has 9 nitrogen and oxygen atoms in total. The molecule has 0 radical (unpaired) electrons. The number of likely N-dealkylation sites (tertiary alicyclic amines) is 1. The maximum absolute atomic E-state index is 12.7. The molecule has 1 heterocycles. The van der Waals surface area contributed by atoms with E-state index in [9.17, 15) is 24.0 Å². The molecule has 0 unspecified atom stereocenters. The number of thioether (sulfide) groups is 1. The summed E-state index contributed by atoms with van der Waals surface area (Å²) in [6.07, 6.45) is 0.234. The summed E-state index contributed by atoms with van der Waals surface area (Å²) in [5.74, 6) is -4.03. The zero-order valence-corrected chi connectivity index (χ0v) is 21.4. The van der Waals surface area contributed by atoms with Crippen LogP contribution in [0.5, 0.6) is 0 Å². The van der Waals surface area contributed by atoms with Crippen LogP contribution < -0.4 is 5.32 Å². The number of aliphatic carboxylic acids is 1. The van der Waals surface area contributed by atoms with Gasteiger partial charge in [0, 0.05) is 24.8 Å². The van der Waals surface area contributed by atoms with Gasteiger partial charge in [-0.25, -0.2) is 4.79 Å². The van der Waals surface area contributed by atoms with Gasteiger partial charge in [-0.2, -0.15) is 0 Å². The lowest BCUT2D eigenvalue weighted by molar-refractivity contribution is -0.168. The van der Waals surface area contributed by atoms with Crippen LogP contribution >= 0.6 is 11.8 Å². The highest BCUT2D eigenvalue weighted by Crippen LogP contribution is 2.38. The number of rotatable bonds is 7. The first-order valence-electron chi connectivity index (χ1n) is 10.5. The quantitative estimate of drug-likeness (QED) is 0.336. The first-order chi connectivity index (χ1) is 15.2. The van der Waals surface area contributed by atoms with E-state index < -0.39 is 42.5 Å².